The Balaban J connectivity index is 1.89. The lowest BCUT2D eigenvalue weighted by molar-refractivity contribution is 0.475. The summed E-state index contributed by atoms with van der Waals surface area (Å²) in [6, 6.07) is 8.96. The van der Waals surface area contributed by atoms with Crippen LogP contribution in [0.25, 0.3) is 0 Å². The molecular formula is C14H16N4O. The first-order chi connectivity index (χ1) is 9.24. The second kappa shape index (κ2) is 4.76. The van der Waals surface area contributed by atoms with Crippen LogP contribution in [0.4, 0.5) is 17.5 Å². The van der Waals surface area contributed by atoms with E-state index in [1.54, 1.807) is 18.2 Å². The third kappa shape index (κ3) is 2.76. The van der Waals surface area contributed by atoms with E-state index < -0.39 is 0 Å². The predicted octanol–water partition coefficient (Wildman–Crippen LogP) is 2.84. The number of rotatable bonds is 4. The molecule has 5 heteroatoms. The highest BCUT2D eigenvalue weighted by Crippen LogP contribution is 2.40. The largest absolute Gasteiger partial charge is 0.508 e. The van der Waals surface area contributed by atoms with Gasteiger partial charge in [-0.3, -0.25) is 0 Å². The van der Waals surface area contributed by atoms with Crippen molar-refractivity contribution in [1.29, 1.82) is 0 Å². The lowest BCUT2D eigenvalue weighted by Gasteiger charge is -2.09. The molecule has 1 aromatic carbocycles. The first-order valence-electron chi connectivity index (χ1n) is 6.37. The standard InChI is InChI=1S/C14H16N4O/c1-15-14-17-12(9-5-6-9)8-13(18-14)16-10-3-2-4-11(19)7-10/h2-4,7-9,19H,5-6H2,1H3,(H2,15,16,17,18). The van der Waals surface area contributed by atoms with E-state index in [1.165, 1.54) is 12.8 Å². The number of nitrogens with one attached hydrogen (secondary N) is 2. The molecule has 0 aliphatic heterocycles. The predicted molar refractivity (Wildman–Crippen MR) is 74.9 cm³/mol. The highest BCUT2D eigenvalue weighted by Gasteiger charge is 2.26. The third-order valence-corrected chi connectivity index (χ3v) is 3.08. The molecule has 0 bridgehead atoms. The third-order valence-electron chi connectivity index (χ3n) is 3.08. The van der Waals surface area contributed by atoms with Gasteiger partial charge in [0.05, 0.1) is 5.69 Å². The molecule has 2 aromatic rings. The molecule has 3 N–H and O–H groups in total. The van der Waals surface area contributed by atoms with Gasteiger partial charge in [0, 0.05) is 30.8 Å². The number of anilines is 3. The summed E-state index contributed by atoms with van der Waals surface area (Å²) in [7, 11) is 1.81. The smallest absolute Gasteiger partial charge is 0.224 e. The Morgan fingerprint density at radius 2 is 2.05 bits per heavy atom. The summed E-state index contributed by atoms with van der Waals surface area (Å²) in [5.41, 5.74) is 1.88. The molecule has 0 radical (unpaired) electrons. The van der Waals surface area contributed by atoms with Gasteiger partial charge >= 0.3 is 0 Å². The fourth-order valence-electron chi connectivity index (χ4n) is 1.96. The average molecular weight is 256 g/mol. The van der Waals surface area contributed by atoms with Crippen molar-refractivity contribution in [3.63, 3.8) is 0 Å². The Bertz CT molecular complexity index is 596. The number of aromatic nitrogens is 2. The van der Waals surface area contributed by atoms with Crippen LogP contribution in [-0.4, -0.2) is 22.1 Å². The van der Waals surface area contributed by atoms with Gasteiger partial charge < -0.3 is 15.7 Å². The monoisotopic (exact) mass is 256 g/mol. The van der Waals surface area contributed by atoms with Crippen LogP contribution in [0, 0.1) is 0 Å². The summed E-state index contributed by atoms with van der Waals surface area (Å²) < 4.78 is 0. The van der Waals surface area contributed by atoms with Crippen molar-refractivity contribution in [3.05, 3.63) is 36.0 Å². The molecule has 1 heterocycles. The van der Waals surface area contributed by atoms with Crippen molar-refractivity contribution in [2.24, 2.45) is 0 Å². The molecule has 1 aliphatic carbocycles. The quantitative estimate of drug-likeness (QED) is 0.784. The topological polar surface area (TPSA) is 70.1 Å². The van der Waals surface area contributed by atoms with E-state index in [0.717, 1.165) is 17.2 Å². The Morgan fingerprint density at radius 3 is 2.74 bits per heavy atom. The summed E-state index contributed by atoms with van der Waals surface area (Å²) >= 11 is 0. The van der Waals surface area contributed by atoms with Gasteiger partial charge in [0.1, 0.15) is 11.6 Å². The lowest BCUT2D eigenvalue weighted by atomic mass is 10.2. The fraction of sp³-hybridized carbons (Fsp3) is 0.286. The van der Waals surface area contributed by atoms with Crippen LogP contribution >= 0.6 is 0 Å². The van der Waals surface area contributed by atoms with Crippen molar-refractivity contribution in [2.45, 2.75) is 18.8 Å². The molecule has 0 amide bonds. The normalized spacial score (nSPS) is 14.2. The molecule has 0 atom stereocenters. The maximum Gasteiger partial charge on any atom is 0.224 e. The van der Waals surface area contributed by atoms with E-state index >= 15 is 0 Å². The number of aromatic hydroxyl groups is 1. The van der Waals surface area contributed by atoms with E-state index in [1.807, 2.05) is 19.2 Å². The molecule has 1 aromatic heterocycles. The van der Waals surface area contributed by atoms with Crippen LogP contribution in [0.3, 0.4) is 0 Å². The molecule has 98 valence electrons. The van der Waals surface area contributed by atoms with Crippen LogP contribution in [0.15, 0.2) is 30.3 Å². The summed E-state index contributed by atoms with van der Waals surface area (Å²) in [5, 5.41) is 15.6. The van der Waals surface area contributed by atoms with Gasteiger partial charge in [-0.2, -0.15) is 4.98 Å². The molecule has 3 rings (SSSR count). The minimum absolute atomic E-state index is 0.232. The Kier molecular flexibility index (Phi) is 2.95. The highest BCUT2D eigenvalue weighted by atomic mass is 16.3. The van der Waals surface area contributed by atoms with E-state index in [9.17, 15) is 5.11 Å². The SMILES string of the molecule is CNc1nc(Nc2cccc(O)c2)cc(C2CC2)n1. The maximum atomic E-state index is 9.46. The van der Waals surface area contributed by atoms with Gasteiger partial charge in [-0.15, -0.1) is 0 Å². The molecule has 1 fully saturated rings. The van der Waals surface area contributed by atoms with Gasteiger partial charge in [0.2, 0.25) is 5.95 Å². The van der Waals surface area contributed by atoms with Gasteiger partial charge in [-0.05, 0) is 25.0 Å². The number of benzene rings is 1. The first kappa shape index (κ1) is 11.8. The van der Waals surface area contributed by atoms with Crippen molar-refractivity contribution in [2.75, 3.05) is 17.7 Å². The minimum atomic E-state index is 0.232. The van der Waals surface area contributed by atoms with Gasteiger partial charge in [0.15, 0.2) is 0 Å². The lowest BCUT2D eigenvalue weighted by Crippen LogP contribution is -2.03. The number of phenolic OH excluding ortho intramolecular Hbond substituents is 1. The highest BCUT2D eigenvalue weighted by molar-refractivity contribution is 5.59. The molecule has 0 spiro atoms. The second-order valence-electron chi connectivity index (χ2n) is 4.70. The van der Waals surface area contributed by atoms with E-state index in [0.29, 0.717) is 11.9 Å². The van der Waals surface area contributed by atoms with E-state index in [2.05, 4.69) is 20.6 Å². The van der Waals surface area contributed by atoms with E-state index in [-0.39, 0.29) is 5.75 Å². The second-order valence-corrected chi connectivity index (χ2v) is 4.70. The first-order valence-corrected chi connectivity index (χ1v) is 6.37. The Hall–Kier alpha value is -2.30. The zero-order chi connectivity index (χ0) is 13.2. The number of hydrogen-bond donors (Lipinski definition) is 3. The molecule has 1 aliphatic rings. The van der Waals surface area contributed by atoms with Crippen molar-refractivity contribution in [1.82, 2.24) is 9.97 Å². The van der Waals surface area contributed by atoms with Crippen LogP contribution in [0.1, 0.15) is 24.5 Å². The zero-order valence-electron chi connectivity index (χ0n) is 10.7. The van der Waals surface area contributed by atoms with E-state index in [4.69, 9.17) is 0 Å². The van der Waals surface area contributed by atoms with Gasteiger partial charge in [-0.25, -0.2) is 4.98 Å². The summed E-state index contributed by atoms with van der Waals surface area (Å²) in [6.45, 7) is 0. The van der Waals surface area contributed by atoms with Crippen molar-refractivity contribution >= 4 is 17.5 Å². The van der Waals surface area contributed by atoms with Crippen LogP contribution in [0.2, 0.25) is 0 Å². The average Bonchev–Trinajstić information content (AvgIpc) is 3.22. The molecule has 0 unspecified atom stereocenters. The fourth-order valence-corrected chi connectivity index (χ4v) is 1.96. The molecule has 5 nitrogen and oxygen atoms in total. The Morgan fingerprint density at radius 1 is 1.21 bits per heavy atom. The number of phenols is 1. The van der Waals surface area contributed by atoms with Crippen molar-refractivity contribution in [3.8, 4) is 5.75 Å². The van der Waals surface area contributed by atoms with Crippen LogP contribution in [0.5, 0.6) is 5.75 Å². The number of nitrogens with zero attached hydrogens (tertiary/aromatic N) is 2. The molecule has 0 saturated heterocycles. The summed E-state index contributed by atoms with van der Waals surface area (Å²) in [6.07, 6.45) is 2.40. The molecular weight excluding hydrogens is 240 g/mol. The Labute approximate surface area is 111 Å². The molecule has 1 saturated carbocycles. The van der Waals surface area contributed by atoms with Gasteiger partial charge in [0.25, 0.3) is 0 Å². The molecule has 19 heavy (non-hydrogen) atoms. The summed E-state index contributed by atoms with van der Waals surface area (Å²) in [4.78, 5) is 8.83. The minimum Gasteiger partial charge on any atom is -0.508 e. The zero-order valence-corrected chi connectivity index (χ0v) is 10.7. The van der Waals surface area contributed by atoms with Crippen molar-refractivity contribution < 1.29 is 5.11 Å². The van der Waals surface area contributed by atoms with Gasteiger partial charge in [-0.1, -0.05) is 6.07 Å². The van der Waals surface area contributed by atoms with Crippen LogP contribution < -0.4 is 10.6 Å². The number of hydrogen-bond acceptors (Lipinski definition) is 5. The summed E-state index contributed by atoms with van der Waals surface area (Å²) in [5.74, 6) is 2.16. The van der Waals surface area contributed by atoms with Crippen LogP contribution in [-0.2, 0) is 0 Å². The maximum absolute atomic E-state index is 9.46.